The molecule has 0 aliphatic heterocycles. The molecule has 0 unspecified atom stereocenters. The third-order valence-electron chi connectivity index (χ3n) is 2.85. The second-order valence-corrected chi connectivity index (χ2v) is 5.31. The largest absolute Gasteiger partial charge is 0.463 e. The summed E-state index contributed by atoms with van der Waals surface area (Å²) in [7, 11) is 0. The van der Waals surface area contributed by atoms with Crippen molar-refractivity contribution in [2.75, 3.05) is 0 Å². The summed E-state index contributed by atoms with van der Waals surface area (Å²) in [6.45, 7) is 0. The topological polar surface area (TPSA) is 108 Å². The van der Waals surface area contributed by atoms with Crippen LogP contribution >= 0.6 is 15.9 Å². The molecule has 0 aliphatic rings. The molecule has 0 amide bonds. The van der Waals surface area contributed by atoms with E-state index >= 15 is 0 Å². The molecule has 110 valence electrons. The van der Waals surface area contributed by atoms with Crippen molar-refractivity contribution >= 4 is 38.9 Å². The Hall–Kier alpha value is -2.74. The minimum Gasteiger partial charge on any atom is -0.463 e. The van der Waals surface area contributed by atoms with Crippen molar-refractivity contribution in [2.45, 2.75) is 0 Å². The van der Waals surface area contributed by atoms with Crippen LogP contribution in [0.4, 0.5) is 5.82 Å². The van der Waals surface area contributed by atoms with Gasteiger partial charge < -0.3 is 4.42 Å². The molecule has 0 aliphatic carbocycles. The van der Waals surface area contributed by atoms with Crippen LogP contribution in [-0.4, -0.2) is 16.2 Å². The smallest absolute Gasteiger partial charge is 0.327 e. The Balaban J connectivity index is 2.07. The van der Waals surface area contributed by atoms with Gasteiger partial charge in [0, 0.05) is 16.8 Å². The second kappa shape index (κ2) is 5.57. The molecule has 7 nitrogen and oxygen atoms in total. The van der Waals surface area contributed by atoms with Gasteiger partial charge in [-0.05, 0) is 18.2 Å². The third-order valence-corrected chi connectivity index (χ3v) is 3.35. The van der Waals surface area contributed by atoms with Crippen molar-refractivity contribution in [3.05, 3.63) is 71.6 Å². The second-order valence-electron chi connectivity index (χ2n) is 4.39. The highest BCUT2D eigenvalue weighted by molar-refractivity contribution is 9.10. The van der Waals surface area contributed by atoms with Crippen molar-refractivity contribution in [1.82, 2.24) is 9.97 Å². The molecule has 22 heavy (non-hydrogen) atoms. The number of aliphatic imine (C=N–C) groups is 1. The Morgan fingerprint density at radius 2 is 1.95 bits per heavy atom. The number of nitrogens with zero attached hydrogens (tertiary/aromatic N) is 1. The van der Waals surface area contributed by atoms with E-state index in [2.05, 4.69) is 25.9 Å². The minimum absolute atomic E-state index is 0.0454. The van der Waals surface area contributed by atoms with Gasteiger partial charge in [0.15, 0.2) is 0 Å². The summed E-state index contributed by atoms with van der Waals surface area (Å²) in [4.78, 5) is 42.8. The Bertz CT molecular complexity index is 1030. The molecule has 0 radical (unpaired) electrons. The van der Waals surface area contributed by atoms with E-state index in [4.69, 9.17) is 4.42 Å². The highest BCUT2D eigenvalue weighted by Crippen LogP contribution is 2.17. The van der Waals surface area contributed by atoms with Gasteiger partial charge in [0.2, 0.25) is 5.43 Å². The molecule has 3 rings (SSSR count). The molecule has 1 aromatic carbocycles. The van der Waals surface area contributed by atoms with Gasteiger partial charge in [-0.25, -0.2) is 9.79 Å². The number of nitrogens with one attached hydrogen (secondary N) is 2. The molecule has 0 saturated carbocycles. The zero-order valence-corrected chi connectivity index (χ0v) is 12.5. The number of hydrogen-bond donors (Lipinski definition) is 2. The zero-order valence-electron chi connectivity index (χ0n) is 10.9. The molecule has 0 spiro atoms. The lowest BCUT2D eigenvalue weighted by atomic mass is 10.2. The monoisotopic (exact) mass is 361 g/mol. The van der Waals surface area contributed by atoms with Gasteiger partial charge in [0.05, 0.1) is 10.9 Å². The average molecular weight is 362 g/mol. The number of rotatable bonds is 2. The lowest BCUT2D eigenvalue weighted by molar-refractivity contribution is 0.601. The predicted octanol–water partition coefficient (Wildman–Crippen LogP) is 1.68. The third kappa shape index (κ3) is 2.82. The number of benzene rings is 1. The van der Waals surface area contributed by atoms with Crippen LogP contribution in [0.15, 0.2) is 58.8 Å². The van der Waals surface area contributed by atoms with E-state index in [1.54, 1.807) is 18.2 Å². The number of aromatic nitrogens is 2. The Labute approximate surface area is 130 Å². The quantitative estimate of drug-likeness (QED) is 0.676. The fourth-order valence-corrected chi connectivity index (χ4v) is 2.21. The lowest BCUT2D eigenvalue weighted by Crippen LogP contribution is -2.20. The van der Waals surface area contributed by atoms with Crippen LogP contribution in [0.2, 0.25) is 0 Å². The van der Waals surface area contributed by atoms with E-state index in [0.29, 0.717) is 11.0 Å². The summed E-state index contributed by atoms with van der Waals surface area (Å²) < 4.78 is 6.18. The Morgan fingerprint density at radius 3 is 2.73 bits per heavy atom. The van der Waals surface area contributed by atoms with Crippen molar-refractivity contribution in [2.24, 2.45) is 4.99 Å². The molecule has 2 N–H and O–H groups in total. The number of hydrogen-bond acceptors (Lipinski definition) is 5. The zero-order chi connectivity index (χ0) is 15.7. The van der Waals surface area contributed by atoms with Crippen LogP contribution in [0.25, 0.3) is 11.0 Å². The summed E-state index contributed by atoms with van der Waals surface area (Å²) in [6.07, 6.45) is 2.50. The van der Waals surface area contributed by atoms with Gasteiger partial charge in [0.1, 0.15) is 17.7 Å². The standard InChI is InChI=1S/C14H8BrN3O4/c15-8-1-2-9-10(3-8)22-6-7(13(9)20)5-16-11-4-12(19)18-14(21)17-11/h1-6H,(H2,17,18,19,21). The van der Waals surface area contributed by atoms with Crippen LogP contribution < -0.4 is 16.7 Å². The number of halogens is 1. The fourth-order valence-electron chi connectivity index (χ4n) is 1.87. The van der Waals surface area contributed by atoms with E-state index in [1.807, 2.05) is 4.98 Å². The van der Waals surface area contributed by atoms with Crippen molar-refractivity contribution in [1.29, 1.82) is 0 Å². The highest BCUT2D eigenvalue weighted by Gasteiger charge is 2.05. The average Bonchev–Trinajstić information content (AvgIpc) is 2.45. The summed E-state index contributed by atoms with van der Waals surface area (Å²) in [5, 5.41) is 0.409. The highest BCUT2D eigenvalue weighted by atomic mass is 79.9. The van der Waals surface area contributed by atoms with E-state index in [9.17, 15) is 14.4 Å². The molecule has 0 bridgehead atoms. The minimum atomic E-state index is -0.671. The first-order valence-corrected chi connectivity index (χ1v) is 6.91. The van der Waals surface area contributed by atoms with E-state index in [0.717, 1.165) is 10.5 Å². The molecule has 0 fully saturated rings. The van der Waals surface area contributed by atoms with Gasteiger partial charge in [-0.3, -0.25) is 19.6 Å². The maximum atomic E-state index is 12.3. The van der Waals surface area contributed by atoms with Crippen molar-refractivity contribution in [3.8, 4) is 0 Å². The number of fused-ring (bicyclic) bond motifs is 1. The van der Waals surface area contributed by atoms with Crippen molar-refractivity contribution < 1.29 is 4.42 Å². The van der Waals surface area contributed by atoms with Gasteiger partial charge in [-0.1, -0.05) is 15.9 Å². The van der Waals surface area contributed by atoms with Crippen LogP contribution in [0.5, 0.6) is 0 Å². The van der Waals surface area contributed by atoms with Gasteiger partial charge >= 0.3 is 5.69 Å². The molecular weight excluding hydrogens is 354 g/mol. The number of H-pyrrole nitrogens is 2. The van der Waals surface area contributed by atoms with E-state index in [-0.39, 0.29) is 16.8 Å². The number of aromatic amines is 2. The Kier molecular flexibility index (Phi) is 3.60. The summed E-state index contributed by atoms with van der Waals surface area (Å²) in [5.41, 5.74) is -0.858. The van der Waals surface area contributed by atoms with Gasteiger partial charge in [-0.15, -0.1) is 0 Å². The molecule has 2 heterocycles. The fraction of sp³-hybridized carbons (Fsp3) is 0. The molecule has 0 saturated heterocycles. The first-order chi connectivity index (χ1) is 10.5. The van der Waals surface area contributed by atoms with Crippen LogP contribution in [0.3, 0.4) is 0 Å². The molecule has 3 aromatic rings. The lowest BCUT2D eigenvalue weighted by Gasteiger charge is -1.99. The maximum Gasteiger partial charge on any atom is 0.327 e. The molecular formula is C14H8BrN3O4. The predicted molar refractivity (Wildman–Crippen MR) is 85.1 cm³/mol. The molecule has 0 atom stereocenters. The van der Waals surface area contributed by atoms with Gasteiger partial charge in [-0.2, -0.15) is 0 Å². The van der Waals surface area contributed by atoms with Crippen LogP contribution in [0, 0.1) is 0 Å². The molecule has 2 aromatic heterocycles. The van der Waals surface area contributed by atoms with E-state index < -0.39 is 11.2 Å². The first kappa shape index (κ1) is 14.2. The summed E-state index contributed by atoms with van der Waals surface area (Å²) in [6, 6.07) is 6.16. The van der Waals surface area contributed by atoms with Crippen LogP contribution in [0.1, 0.15) is 5.56 Å². The van der Waals surface area contributed by atoms with Crippen molar-refractivity contribution in [3.63, 3.8) is 0 Å². The van der Waals surface area contributed by atoms with Gasteiger partial charge in [0.25, 0.3) is 5.56 Å². The van der Waals surface area contributed by atoms with Crippen LogP contribution in [-0.2, 0) is 0 Å². The van der Waals surface area contributed by atoms with E-state index in [1.165, 1.54) is 12.5 Å². The first-order valence-electron chi connectivity index (χ1n) is 6.12. The summed E-state index contributed by atoms with van der Waals surface area (Å²) in [5.74, 6) is 0.0454. The normalized spacial score (nSPS) is 11.3. The molecule has 8 heteroatoms. The maximum absolute atomic E-state index is 12.3. The summed E-state index contributed by atoms with van der Waals surface area (Å²) >= 11 is 3.30. The SMILES string of the molecule is O=c1cc(N=Cc2coc3cc(Br)ccc3c2=O)[nH]c(=O)[nH]1. The Morgan fingerprint density at radius 1 is 1.14 bits per heavy atom.